The van der Waals surface area contributed by atoms with Gasteiger partial charge in [-0.25, -0.2) is 5.01 Å². The van der Waals surface area contributed by atoms with Crippen LogP contribution in [0.1, 0.15) is 26.2 Å². The van der Waals surface area contributed by atoms with Crippen LogP contribution < -0.4 is 11.2 Å². The molecule has 0 bridgehead atoms. The molecule has 0 aliphatic carbocycles. The normalized spacial score (nSPS) is 20.7. The van der Waals surface area contributed by atoms with Crippen LogP contribution in [0.4, 0.5) is 0 Å². The molecule has 0 spiro atoms. The first kappa shape index (κ1) is 13.4. The molecular formula is C11H24N4O. The van der Waals surface area contributed by atoms with E-state index in [0.29, 0.717) is 6.42 Å². The van der Waals surface area contributed by atoms with E-state index in [1.807, 2.05) is 11.9 Å². The van der Waals surface area contributed by atoms with Crippen molar-refractivity contribution in [1.82, 2.24) is 15.3 Å². The average molecular weight is 228 g/mol. The second-order valence-corrected chi connectivity index (χ2v) is 4.69. The van der Waals surface area contributed by atoms with Crippen molar-refractivity contribution in [3.8, 4) is 0 Å². The molecule has 1 saturated heterocycles. The average Bonchev–Trinajstić information content (AvgIpc) is 2.21. The third-order valence-corrected chi connectivity index (χ3v) is 2.85. The Morgan fingerprint density at radius 3 is 2.56 bits per heavy atom. The Balaban J connectivity index is 2.09. The largest absolute Gasteiger partial charge is 0.328 e. The number of nitrogens with one attached hydrogen (secondary N) is 1. The van der Waals surface area contributed by atoms with Gasteiger partial charge in [0, 0.05) is 38.6 Å². The van der Waals surface area contributed by atoms with Gasteiger partial charge < -0.3 is 10.6 Å². The molecule has 0 aromatic heterocycles. The van der Waals surface area contributed by atoms with E-state index in [0.717, 1.165) is 39.0 Å². The quantitative estimate of drug-likeness (QED) is 0.683. The molecule has 1 heterocycles. The van der Waals surface area contributed by atoms with Crippen molar-refractivity contribution in [3.05, 3.63) is 0 Å². The first-order valence-electron chi connectivity index (χ1n) is 6.06. The van der Waals surface area contributed by atoms with Gasteiger partial charge >= 0.3 is 0 Å². The number of hydrogen-bond donors (Lipinski definition) is 2. The highest BCUT2D eigenvalue weighted by Gasteiger charge is 2.15. The van der Waals surface area contributed by atoms with Crippen LogP contribution in [-0.2, 0) is 4.79 Å². The van der Waals surface area contributed by atoms with Crippen molar-refractivity contribution < 1.29 is 4.79 Å². The zero-order valence-corrected chi connectivity index (χ0v) is 10.4. The predicted molar refractivity (Wildman–Crippen MR) is 64.7 cm³/mol. The van der Waals surface area contributed by atoms with Crippen LogP contribution in [0, 0.1) is 0 Å². The topological polar surface area (TPSA) is 61.6 Å². The number of hydrazine groups is 1. The van der Waals surface area contributed by atoms with Crippen LogP contribution in [0.25, 0.3) is 0 Å². The van der Waals surface area contributed by atoms with E-state index in [1.54, 1.807) is 0 Å². The summed E-state index contributed by atoms with van der Waals surface area (Å²) in [6, 6.07) is 0.191. The van der Waals surface area contributed by atoms with Crippen LogP contribution in [0.2, 0.25) is 0 Å². The maximum Gasteiger partial charge on any atom is 0.234 e. The van der Waals surface area contributed by atoms with Crippen molar-refractivity contribution >= 4 is 5.91 Å². The number of likely N-dealkylation sites (N-methyl/N-ethyl adjacent to an activating group) is 1. The van der Waals surface area contributed by atoms with E-state index in [9.17, 15) is 4.79 Å². The number of amides is 1. The van der Waals surface area contributed by atoms with Gasteiger partial charge in [-0.2, -0.15) is 0 Å². The standard InChI is InChI=1S/C11H24N4O/c1-10(12)4-3-5-11(16)13-15-8-6-14(2)7-9-15/h10H,3-9,12H2,1-2H3,(H,13,16). The third kappa shape index (κ3) is 5.44. The molecule has 3 N–H and O–H groups in total. The summed E-state index contributed by atoms with van der Waals surface area (Å²) in [7, 11) is 2.10. The number of hydrogen-bond acceptors (Lipinski definition) is 4. The molecule has 16 heavy (non-hydrogen) atoms. The fraction of sp³-hybridized carbons (Fsp3) is 0.909. The Bertz CT molecular complexity index is 212. The van der Waals surface area contributed by atoms with Crippen LogP contribution in [-0.4, -0.2) is 55.1 Å². The van der Waals surface area contributed by atoms with Crippen molar-refractivity contribution in [2.24, 2.45) is 5.73 Å². The molecule has 0 saturated carbocycles. The minimum Gasteiger partial charge on any atom is -0.328 e. The number of carbonyl (C=O) groups excluding carboxylic acids is 1. The first-order chi connectivity index (χ1) is 7.58. The highest BCUT2D eigenvalue weighted by atomic mass is 16.2. The van der Waals surface area contributed by atoms with Gasteiger partial charge in [-0.3, -0.25) is 10.2 Å². The first-order valence-corrected chi connectivity index (χ1v) is 6.06. The maximum absolute atomic E-state index is 11.6. The van der Waals surface area contributed by atoms with Gasteiger partial charge in [-0.15, -0.1) is 0 Å². The summed E-state index contributed by atoms with van der Waals surface area (Å²) in [5.74, 6) is 0.116. The number of piperazine rings is 1. The van der Waals surface area contributed by atoms with E-state index in [-0.39, 0.29) is 11.9 Å². The van der Waals surface area contributed by atoms with Gasteiger partial charge in [0.25, 0.3) is 0 Å². The van der Waals surface area contributed by atoms with E-state index in [2.05, 4.69) is 17.4 Å². The molecular weight excluding hydrogens is 204 g/mol. The van der Waals surface area contributed by atoms with E-state index < -0.39 is 0 Å². The molecule has 0 radical (unpaired) electrons. The number of nitrogens with zero attached hydrogens (tertiary/aromatic N) is 2. The fourth-order valence-electron chi connectivity index (χ4n) is 1.74. The molecule has 1 rings (SSSR count). The summed E-state index contributed by atoms with van der Waals surface area (Å²) in [5, 5.41) is 2.01. The smallest absolute Gasteiger partial charge is 0.234 e. The summed E-state index contributed by atoms with van der Waals surface area (Å²) >= 11 is 0. The lowest BCUT2D eigenvalue weighted by Crippen LogP contribution is -2.52. The van der Waals surface area contributed by atoms with Gasteiger partial charge in [-0.1, -0.05) is 0 Å². The summed E-state index contributed by atoms with van der Waals surface area (Å²) in [6.07, 6.45) is 2.36. The Morgan fingerprint density at radius 2 is 2.00 bits per heavy atom. The molecule has 0 aromatic carbocycles. The van der Waals surface area contributed by atoms with Crippen LogP contribution >= 0.6 is 0 Å². The van der Waals surface area contributed by atoms with Gasteiger partial charge in [0.05, 0.1) is 0 Å². The number of rotatable bonds is 5. The van der Waals surface area contributed by atoms with Gasteiger partial charge in [0.15, 0.2) is 0 Å². The minimum atomic E-state index is 0.116. The van der Waals surface area contributed by atoms with Crippen molar-refractivity contribution in [2.75, 3.05) is 33.2 Å². The lowest BCUT2D eigenvalue weighted by Gasteiger charge is -2.32. The minimum absolute atomic E-state index is 0.116. The highest BCUT2D eigenvalue weighted by Crippen LogP contribution is 2.00. The molecule has 5 heteroatoms. The van der Waals surface area contributed by atoms with Crippen molar-refractivity contribution in [1.29, 1.82) is 0 Å². The highest BCUT2D eigenvalue weighted by molar-refractivity contribution is 5.75. The van der Waals surface area contributed by atoms with E-state index in [1.165, 1.54) is 0 Å². The van der Waals surface area contributed by atoms with E-state index >= 15 is 0 Å². The Hall–Kier alpha value is -0.650. The van der Waals surface area contributed by atoms with Crippen LogP contribution in [0.5, 0.6) is 0 Å². The van der Waals surface area contributed by atoms with Gasteiger partial charge in [0.2, 0.25) is 5.91 Å². The summed E-state index contributed by atoms with van der Waals surface area (Å²) in [4.78, 5) is 13.8. The Kier molecular flexibility index (Phi) is 5.73. The monoisotopic (exact) mass is 228 g/mol. The van der Waals surface area contributed by atoms with Crippen molar-refractivity contribution in [2.45, 2.75) is 32.2 Å². The molecule has 1 atom stereocenters. The number of carbonyl (C=O) groups is 1. The number of nitrogens with two attached hydrogens (primary N) is 1. The summed E-state index contributed by atoms with van der Waals surface area (Å²) in [5.41, 5.74) is 8.57. The molecule has 1 aliphatic rings. The maximum atomic E-state index is 11.6. The zero-order chi connectivity index (χ0) is 12.0. The van der Waals surface area contributed by atoms with Crippen LogP contribution in [0.15, 0.2) is 0 Å². The Labute approximate surface area is 97.9 Å². The zero-order valence-electron chi connectivity index (χ0n) is 10.4. The second-order valence-electron chi connectivity index (χ2n) is 4.69. The SMILES string of the molecule is CC(N)CCCC(=O)NN1CCN(C)CC1. The van der Waals surface area contributed by atoms with Gasteiger partial charge in [0.1, 0.15) is 0 Å². The van der Waals surface area contributed by atoms with Gasteiger partial charge in [-0.05, 0) is 26.8 Å². The summed E-state index contributed by atoms with van der Waals surface area (Å²) < 4.78 is 0. The molecule has 1 amide bonds. The molecule has 94 valence electrons. The van der Waals surface area contributed by atoms with Crippen molar-refractivity contribution in [3.63, 3.8) is 0 Å². The van der Waals surface area contributed by atoms with Crippen LogP contribution in [0.3, 0.4) is 0 Å². The molecule has 1 fully saturated rings. The predicted octanol–water partition coefficient (Wildman–Crippen LogP) is -0.217. The fourth-order valence-corrected chi connectivity index (χ4v) is 1.74. The molecule has 0 aromatic rings. The molecule has 1 aliphatic heterocycles. The lowest BCUT2D eigenvalue weighted by molar-refractivity contribution is -0.126. The lowest BCUT2D eigenvalue weighted by atomic mass is 10.1. The molecule has 5 nitrogen and oxygen atoms in total. The molecule has 1 unspecified atom stereocenters. The second kappa shape index (κ2) is 6.83. The summed E-state index contributed by atoms with van der Waals surface area (Å²) in [6.45, 7) is 5.82. The Morgan fingerprint density at radius 1 is 1.38 bits per heavy atom. The third-order valence-electron chi connectivity index (χ3n) is 2.85. The van der Waals surface area contributed by atoms with E-state index in [4.69, 9.17) is 5.73 Å².